The minimum atomic E-state index is -0.000189. The third-order valence-electron chi connectivity index (χ3n) is 6.30. The van der Waals surface area contributed by atoms with Gasteiger partial charge in [-0.2, -0.15) is 5.10 Å². The monoisotopic (exact) mass is 523 g/mol. The van der Waals surface area contributed by atoms with Gasteiger partial charge in [-0.1, -0.05) is 32.4 Å². The SMILES string of the molecule is Cn1c(Nc2nc(C3CCOC3)c(C(C)(C)C)s2)cc2ncc(Oc3cnn4ccnc4c3)c(Cl)c21. The maximum Gasteiger partial charge on any atom is 0.188 e. The lowest BCUT2D eigenvalue weighted by molar-refractivity contribution is 0.193. The Morgan fingerprint density at radius 2 is 2.08 bits per heavy atom. The summed E-state index contributed by atoms with van der Waals surface area (Å²) in [5.74, 6) is 2.16. The van der Waals surface area contributed by atoms with E-state index in [4.69, 9.17) is 26.1 Å². The van der Waals surface area contributed by atoms with Crippen molar-refractivity contribution in [3.05, 3.63) is 52.5 Å². The average Bonchev–Trinajstić information content (AvgIpc) is 3.62. The summed E-state index contributed by atoms with van der Waals surface area (Å²) in [7, 11) is 1.95. The van der Waals surface area contributed by atoms with Crippen molar-refractivity contribution in [1.82, 2.24) is 29.1 Å². The molecule has 1 atom stereocenters. The van der Waals surface area contributed by atoms with E-state index in [1.165, 1.54) is 4.88 Å². The number of thiazole rings is 1. The number of pyridine rings is 1. The topological polar surface area (TPSA) is 91.4 Å². The summed E-state index contributed by atoms with van der Waals surface area (Å²) in [6.45, 7) is 8.20. The number of aryl methyl sites for hydroxylation is 1. The molecule has 11 heteroatoms. The Morgan fingerprint density at radius 1 is 1.22 bits per heavy atom. The maximum absolute atomic E-state index is 6.80. The van der Waals surface area contributed by atoms with Crippen LogP contribution in [-0.4, -0.2) is 42.3 Å². The average molecular weight is 524 g/mol. The van der Waals surface area contributed by atoms with Gasteiger partial charge in [-0.3, -0.25) is 4.98 Å². The summed E-state index contributed by atoms with van der Waals surface area (Å²) in [4.78, 5) is 15.1. The lowest BCUT2D eigenvalue weighted by Crippen LogP contribution is -2.14. The van der Waals surface area contributed by atoms with Crippen molar-refractivity contribution in [2.45, 2.75) is 38.5 Å². The highest BCUT2D eigenvalue weighted by molar-refractivity contribution is 7.16. The second kappa shape index (κ2) is 8.72. The van der Waals surface area contributed by atoms with Gasteiger partial charge in [0.15, 0.2) is 22.3 Å². The second-order valence-corrected chi connectivity index (χ2v) is 11.3. The Labute approximate surface area is 217 Å². The van der Waals surface area contributed by atoms with Crippen LogP contribution in [0.3, 0.4) is 0 Å². The van der Waals surface area contributed by atoms with Crippen LogP contribution in [0, 0.1) is 0 Å². The van der Waals surface area contributed by atoms with Crippen LogP contribution in [0.15, 0.2) is 36.9 Å². The fourth-order valence-electron chi connectivity index (χ4n) is 4.47. The number of rotatable bonds is 5. The van der Waals surface area contributed by atoms with Gasteiger partial charge in [0.2, 0.25) is 0 Å². The fraction of sp³-hybridized carbons (Fsp3) is 0.360. The molecule has 1 fully saturated rings. The van der Waals surface area contributed by atoms with Gasteiger partial charge in [-0.05, 0) is 11.8 Å². The molecular formula is C25H26ClN7O2S. The van der Waals surface area contributed by atoms with Crippen LogP contribution in [0.1, 0.15) is 43.7 Å². The number of nitrogens with one attached hydrogen (secondary N) is 1. The van der Waals surface area contributed by atoms with Crippen LogP contribution in [-0.2, 0) is 17.2 Å². The number of hydrogen-bond donors (Lipinski definition) is 1. The third-order valence-corrected chi connectivity index (χ3v) is 8.08. The number of nitrogens with zero attached hydrogens (tertiary/aromatic N) is 6. The molecule has 1 aliphatic rings. The minimum Gasteiger partial charge on any atom is -0.452 e. The van der Waals surface area contributed by atoms with Crippen LogP contribution in [0.5, 0.6) is 11.5 Å². The lowest BCUT2D eigenvalue weighted by atomic mass is 9.89. The number of imidazole rings is 1. The molecule has 5 aromatic heterocycles. The molecule has 0 aliphatic carbocycles. The first-order valence-electron chi connectivity index (χ1n) is 11.7. The van der Waals surface area contributed by atoms with Gasteiger partial charge in [-0.15, -0.1) is 11.3 Å². The number of halogens is 1. The van der Waals surface area contributed by atoms with Gasteiger partial charge in [0.1, 0.15) is 10.8 Å². The maximum atomic E-state index is 6.80. The van der Waals surface area contributed by atoms with Gasteiger partial charge in [-0.25, -0.2) is 14.5 Å². The first-order chi connectivity index (χ1) is 17.3. The van der Waals surface area contributed by atoms with Gasteiger partial charge < -0.3 is 19.4 Å². The van der Waals surface area contributed by atoms with E-state index < -0.39 is 0 Å². The Balaban J connectivity index is 1.32. The van der Waals surface area contributed by atoms with Gasteiger partial charge >= 0.3 is 0 Å². The first kappa shape index (κ1) is 23.2. The van der Waals surface area contributed by atoms with E-state index in [2.05, 4.69) is 41.2 Å². The van der Waals surface area contributed by atoms with Crippen molar-refractivity contribution >= 4 is 50.6 Å². The minimum absolute atomic E-state index is 0.000189. The Bertz CT molecular complexity index is 1580. The highest BCUT2D eigenvalue weighted by Crippen LogP contribution is 2.42. The summed E-state index contributed by atoms with van der Waals surface area (Å²) in [6.07, 6.45) is 7.71. The highest BCUT2D eigenvalue weighted by Gasteiger charge is 2.30. The van der Waals surface area contributed by atoms with Crippen molar-refractivity contribution in [3.63, 3.8) is 0 Å². The molecule has 1 N–H and O–H groups in total. The van der Waals surface area contributed by atoms with E-state index in [-0.39, 0.29) is 5.41 Å². The molecule has 36 heavy (non-hydrogen) atoms. The smallest absolute Gasteiger partial charge is 0.188 e. The Morgan fingerprint density at radius 3 is 2.86 bits per heavy atom. The fourth-order valence-corrected chi connectivity index (χ4v) is 5.90. The van der Waals surface area contributed by atoms with Gasteiger partial charge in [0.05, 0.1) is 35.7 Å². The molecule has 1 aliphatic heterocycles. The number of ether oxygens (including phenoxy) is 2. The zero-order valence-electron chi connectivity index (χ0n) is 20.4. The Kier molecular flexibility index (Phi) is 5.62. The quantitative estimate of drug-likeness (QED) is 0.299. The molecule has 9 nitrogen and oxygen atoms in total. The summed E-state index contributed by atoms with van der Waals surface area (Å²) in [5, 5.41) is 9.11. The first-order valence-corrected chi connectivity index (χ1v) is 12.9. The van der Waals surface area contributed by atoms with Gasteiger partial charge in [0, 0.05) is 49.0 Å². The third kappa shape index (κ3) is 4.08. The molecular weight excluding hydrogens is 498 g/mol. The molecule has 6 heterocycles. The zero-order chi connectivity index (χ0) is 25.0. The molecule has 0 spiro atoms. The molecule has 186 valence electrons. The summed E-state index contributed by atoms with van der Waals surface area (Å²) in [6, 6.07) is 3.77. The normalized spacial score (nSPS) is 16.3. The molecule has 0 saturated carbocycles. The number of hydrogen-bond acceptors (Lipinski definition) is 8. The molecule has 1 unspecified atom stereocenters. The zero-order valence-corrected chi connectivity index (χ0v) is 22.0. The van der Waals surface area contributed by atoms with Crippen molar-refractivity contribution in [1.29, 1.82) is 0 Å². The standard InChI is InChI=1S/C25H26ClN7O2S/c1-25(2,3)23-21(14-5-8-34-13-14)31-24(36-23)30-19-10-16-22(32(19)4)20(26)17(12-28-16)35-15-9-18-27-6-7-33(18)29-11-15/h6-7,9-12,14H,5,8,13H2,1-4H3,(H,30,31). The van der Waals surface area contributed by atoms with Gasteiger partial charge in [0.25, 0.3) is 0 Å². The van der Waals surface area contributed by atoms with E-state index in [1.54, 1.807) is 46.7 Å². The van der Waals surface area contributed by atoms with Crippen molar-refractivity contribution < 1.29 is 9.47 Å². The van der Waals surface area contributed by atoms with Crippen molar-refractivity contribution in [3.8, 4) is 11.5 Å². The number of fused-ring (bicyclic) bond motifs is 2. The van der Waals surface area contributed by atoms with E-state index in [9.17, 15) is 0 Å². The summed E-state index contributed by atoms with van der Waals surface area (Å²) in [5.41, 5.74) is 3.35. The van der Waals surface area contributed by atoms with Crippen LogP contribution >= 0.6 is 22.9 Å². The largest absolute Gasteiger partial charge is 0.452 e. The lowest BCUT2D eigenvalue weighted by Gasteiger charge is -2.19. The predicted molar refractivity (Wildman–Crippen MR) is 141 cm³/mol. The Hall–Kier alpha value is -3.21. The molecule has 0 radical (unpaired) electrons. The molecule has 0 aromatic carbocycles. The van der Waals surface area contributed by atoms with E-state index >= 15 is 0 Å². The van der Waals surface area contributed by atoms with E-state index in [1.807, 2.05) is 17.7 Å². The van der Waals surface area contributed by atoms with E-state index in [0.717, 1.165) is 47.3 Å². The summed E-state index contributed by atoms with van der Waals surface area (Å²) >= 11 is 8.50. The van der Waals surface area contributed by atoms with E-state index in [0.29, 0.717) is 28.1 Å². The summed E-state index contributed by atoms with van der Waals surface area (Å²) < 4.78 is 15.3. The van der Waals surface area contributed by atoms with Crippen LogP contribution in [0.25, 0.3) is 16.7 Å². The van der Waals surface area contributed by atoms with Crippen molar-refractivity contribution in [2.24, 2.45) is 7.05 Å². The number of aromatic nitrogens is 6. The van der Waals surface area contributed by atoms with Crippen LogP contribution in [0.2, 0.25) is 5.02 Å². The molecule has 1 saturated heterocycles. The van der Waals surface area contributed by atoms with Crippen molar-refractivity contribution in [2.75, 3.05) is 18.5 Å². The molecule has 0 amide bonds. The molecule has 0 bridgehead atoms. The second-order valence-electron chi connectivity index (χ2n) is 9.95. The van der Waals surface area contributed by atoms with Crippen LogP contribution in [0.4, 0.5) is 10.9 Å². The highest BCUT2D eigenvalue weighted by atomic mass is 35.5. The predicted octanol–water partition coefficient (Wildman–Crippen LogP) is 6.06. The number of anilines is 2. The molecule has 5 aromatic rings. The van der Waals surface area contributed by atoms with Crippen LogP contribution < -0.4 is 10.1 Å². The molecule has 6 rings (SSSR count).